The lowest BCUT2D eigenvalue weighted by atomic mass is 10.2. The van der Waals surface area contributed by atoms with Crippen LogP contribution >= 0.6 is 0 Å². The van der Waals surface area contributed by atoms with Crippen molar-refractivity contribution in [2.24, 2.45) is 0 Å². The van der Waals surface area contributed by atoms with E-state index in [0.29, 0.717) is 18.9 Å². The highest BCUT2D eigenvalue weighted by atomic mass is 16.5. The maximum atomic E-state index is 12.1. The smallest absolute Gasteiger partial charge is 0.239 e. The molecule has 0 aliphatic heterocycles. The topological polar surface area (TPSA) is 59.6 Å². The molecule has 2 rings (SSSR count). The van der Waals surface area contributed by atoms with Gasteiger partial charge in [0.15, 0.2) is 0 Å². The Bertz CT molecular complexity index is 754. The zero-order valence-electron chi connectivity index (χ0n) is 16.2. The van der Waals surface area contributed by atoms with Crippen molar-refractivity contribution in [3.05, 3.63) is 66.2 Å². The van der Waals surface area contributed by atoms with Gasteiger partial charge >= 0.3 is 0 Å². The largest absolute Gasteiger partial charge is 0.491 e. The molecule has 0 atom stereocenters. The summed E-state index contributed by atoms with van der Waals surface area (Å²) >= 11 is 0. The molecule has 0 fully saturated rings. The van der Waals surface area contributed by atoms with Gasteiger partial charge in [-0.25, -0.2) is 0 Å². The maximum absolute atomic E-state index is 12.1. The van der Waals surface area contributed by atoms with E-state index in [2.05, 4.69) is 17.2 Å². The summed E-state index contributed by atoms with van der Waals surface area (Å²) in [4.78, 5) is 12.1. The zero-order chi connectivity index (χ0) is 19.6. The maximum Gasteiger partial charge on any atom is 0.239 e. The van der Waals surface area contributed by atoms with Crippen LogP contribution in [-0.4, -0.2) is 25.2 Å². The molecule has 0 heterocycles. The average Bonchev–Trinajstić information content (AvgIpc) is 2.64. The lowest BCUT2D eigenvalue weighted by Gasteiger charge is -2.13. The molecule has 1 amide bonds. The van der Waals surface area contributed by atoms with Crippen LogP contribution in [0.15, 0.2) is 60.7 Å². The van der Waals surface area contributed by atoms with Gasteiger partial charge in [0.1, 0.15) is 18.1 Å². The van der Waals surface area contributed by atoms with Crippen molar-refractivity contribution < 1.29 is 14.3 Å². The Kier molecular flexibility index (Phi) is 7.74. The molecule has 0 radical (unpaired) electrons. The highest BCUT2D eigenvalue weighted by Gasteiger charge is 2.06. The van der Waals surface area contributed by atoms with Gasteiger partial charge < -0.3 is 20.1 Å². The summed E-state index contributed by atoms with van der Waals surface area (Å²) in [6.07, 6.45) is 0.142. The second kappa shape index (κ2) is 10.3. The van der Waals surface area contributed by atoms with Gasteiger partial charge in [-0.1, -0.05) is 30.8 Å². The minimum atomic E-state index is -0.0905. The molecule has 0 spiro atoms. The molecule has 0 aliphatic rings. The molecule has 0 bridgehead atoms. The van der Waals surface area contributed by atoms with Gasteiger partial charge in [-0.15, -0.1) is 0 Å². The first-order valence-corrected chi connectivity index (χ1v) is 9.06. The molecule has 2 aromatic carbocycles. The van der Waals surface area contributed by atoms with Crippen molar-refractivity contribution in [3.63, 3.8) is 0 Å². The van der Waals surface area contributed by atoms with Crippen LogP contribution < -0.4 is 20.1 Å². The molecule has 0 unspecified atom stereocenters. The molecular weight excluding hydrogens is 340 g/mol. The van der Waals surface area contributed by atoms with Gasteiger partial charge in [0.25, 0.3) is 0 Å². The van der Waals surface area contributed by atoms with Crippen LogP contribution in [0, 0.1) is 0 Å². The number of carbonyl (C=O) groups excluding carboxylic acids is 1. The molecule has 27 heavy (non-hydrogen) atoms. The standard InChI is InChI=1S/C22H28N2O3/c1-16(2)15-26-21-8-6-5-7-20(21)23-14-22(25)24-13-18-9-11-19(12-10-18)27-17(3)4/h5-12,17,23H,1,13-15H2,2-4H3,(H,24,25). The minimum absolute atomic E-state index is 0.0905. The summed E-state index contributed by atoms with van der Waals surface area (Å²) in [5.41, 5.74) is 2.74. The summed E-state index contributed by atoms with van der Waals surface area (Å²) in [6, 6.07) is 15.3. The van der Waals surface area contributed by atoms with Crippen molar-refractivity contribution in [2.75, 3.05) is 18.5 Å². The van der Waals surface area contributed by atoms with E-state index in [1.165, 1.54) is 0 Å². The van der Waals surface area contributed by atoms with Crippen LogP contribution in [0.25, 0.3) is 0 Å². The number of benzene rings is 2. The van der Waals surface area contributed by atoms with E-state index in [1.54, 1.807) is 0 Å². The Morgan fingerprint density at radius 1 is 1.11 bits per heavy atom. The molecular formula is C22H28N2O3. The number of para-hydroxylation sites is 2. The van der Waals surface area contributed by atoms with E-state index in [0.717, 1.165) is 22.6 Å². The highest BCUT2D eigenvalue weighted by molar-refractivity contribution is 5.81. The van der Waals surface area contributed by atoms with Crippen molar-refractivity contribution in [2.45, 2.75) is 33.4 Å². The zero-order valence-corrected chi connectivity index (χ0v) is 16.2. The second-order valence-corrected chi connectivity index (χ2v) is 6.68. The fourth-order valence-electron chi connectivity index (χ4n) is 2.34. The van der Waals surface area contributed by atoms with Gasteiger partial charge in [0.2, 0.25) is 5.91 Å². The van der Waals surface area contributed by atoms with Crippen LogP contribution in [0.2, 0.25) is 0 Å². The Morgan fingerprint density at radius 3 is 2.48 bits per heavy atom. The predicted octanol–water partition coefficient (Wildman–Crippen LogP) is 4.16. The van der Waals surface area contributed by atoms with Crippen LogP contribution in [0.3, 0.4) is 0 Å². The molecule has 5 heteroatoms. The molecule has 0 saturated carbocycles. The third kappa shape index (κ3) is 7.44. The number of rotatable bonds is 10. The van der Waals surface area contributed by atoms with Crippen LogP contribution in [0.5, 0.6) is 11.5 Å². The third-order valence-electron chi connectivity index (χ3n) is 3.59. The molecule has 5 nitrogen and oxygen atoms in total. The number of hydrogen-bond acceptors (Lipinski definition) is 4. The lowest BCUT2D eigenvalue weighted by Crippen LogP contribution is -2.29. The number of nitrogens with one attached hydrogen (secondary N) is 2. The Balaban J connectivity index is 1.80. The Hall–Kier alpha value is -2.95. The van der Waals surface area contributed by atoms with Crippen molar-refractivity contribution in [1.29, 1.82) is 0 Å². The number of hydrogen-bond donors (Lipinski definition) is 2. The quantitative estimate of drug-likeness (QED) is 0.618. The van der Waals surface area contributed by atoms with E-state index in [9.17, 15) is 4.79 Å². The van der Waals surface area contributed by atoms with E-state index < -0.39 is 0 Å². The summed E-state index contributed by atoms with van der Waals surface area (Å²) in [6.45, 7) is 10.8. The molecule has 0 saturated heterocycles. The molecule has 2 N–H and O–H groups in total. The van der Waals surface area contributed by atoms with Crippen LogP contribution in [0.4, 0.5) is 5.69 Å². The number of carbonyl (C=O) groups is 1. The SMILES string of the molecule is C=C(C)COc1ccccc1NCC(=O)NCc1ccc(OC(C)C)cc1. The molecule has 0 aliphatic carbocycles. The Labute approximate surface area is 161 Å². The van der Waals surface area contributed by atoms with Crippen molar-refractivity contribution in [1.82, 2.24) is 5.32 Å². The second-order valence-electron chi connectivity index (χ2n) is 6.68. The first-order valence-electron chi connectivity index (χ1n) is 9.06. The van der Waals surface area contributed by atoms with E-state index in [1.807, 2.05) is 69.3 Å². The van der Waals surface area contributed by atoms with Gasteiger partial charge in [-0.05, 0) is 56.2 Å². The minimum Gasteiger partial charge on any atom is -0.491 e. The highest BCUT2D eigenvalue weighted by Crippen LogP contribution is 2.23. The van der Waals surface area contributed by atoms with Crippen LogP contribution in [-0.2, 0) is 11.3 Å². The normalized spacial score (nSPS) is 10.4. The van der Waals surface area contributed by atoms with E-state index in [4.69, 9.17) is 9.47 Å². The predicted molar refractivity (Wildman–Crippen MR) is 109 cm³/mol. The number of anilines is 1. The molecule has 2 aromatic rings. The van der Waals surface area contributed by atoms with Crippen molar-refractivity contribution >= 4 is 11.6 Å². The summed E-state index contributed by atoms with van der Waals surface area (Å²) in [7, 11) is 0. The summed E-state index contributed by atoms with van der Waals surface area (Å²) in [5.74, 6) is 1.44. The van der Waals surface area contributed by atoms with Crippen molar-refractivity contribution in [3.8, 4) is 11.5 Å². The van der Waals surface area contributed by atoms with Gasteiger partial charge in [0, 0.05) is 6.54 Å². The first-order chi connectivity index (χ1) is 12.9. The van der Waals surface area contributed by atoms with E-state index >= 15 is 0 Å². The summed E-state index contributed by atoms with van der Waals surface area (Å²) < 4.78 is 11.3. The third-order valence-corrected chi connectivity index (χ3v) is 3.59. The lowest BCUT2D eigenvalue weighted by molar-refractivity contribution is -0.119. The Morgan fingerprint density at radius 2 is 1.81 bits per heavy atom. The van der Waals surface area contributed by atoms with Gasteiger partial charge in [-0.2, -0.15) is 0 Å². The fourth-order valence-corrected chi connectivity index (χ4v) is 2.34. The van der Waals surface area contributed by atoms with Crippen LogP contribution in [0.1, 0.15) is 26.3 Å². The summed E-state index contributed by atoms with van der Waals surface area (Å²) in [5, 5.41) is 6.02. The number of amides is 1. The first kappa shape index (κ1) is 20.4. The van der Waals surface area contributed by atoms with E-state index in [-0.39, 0.29) is 18.6 Å². The molecule has 144 valence electrons. The fraction of sp³-hybridized carbons (Fsp3) is 0.318. The monoisotopic (exact) mass is 368 g/mol. The average molecular weight is 368 g/mol. The van der Waals surface area contributed by atoms with Gasteiger partial charge in [0.05, 0.1) is 18.3 Å². The number of ether oxygens (including phenoxy) is 2. The molecule has 0 aromatic heterocycles. The van der Waals surface area contributed by atoms with Gasteiger partial charge in [-0.3, -0.25) is 4.79 Å².